The van der Waals surface area contributed by atoms with Crippen LogP contribution in [0.4, 0.5) is 0 Å². The Bertz CT molecular complexity index is 299. The van der Waals surface area contributed by atoms with Crippen LogP contribution in [0.25, 0.3) is 0 Å². The van der Waals surface area contributed by atoms with Crippen LogP contribution in [0.2, 0.25) is 5.02 Å². The van der Waals surface area contributed by atoms with E-state index in [1.54, 1.807) is 6.07 Å². The van der Waals surface area contributed by atoms with E-state index in [1.807, 2.05) is 26.0 Å². The highest BCUT2D eigenvalue weighted by atomic mass is 35.5. The highest BCUT2D eigenvalue weighted by Gasteiger charge is 2.08. The Balaban J connectivity index is 2.70. The largest absolute Gasteiger partial charge is 0.386 e. The van der Waals surface area contributed by atoms with Crippen molar-refractivity contribution in [2.45, 2.75) is 20.0 Å². The molecule has 0 aliphatic carbocycles. The van der Waals surface area contributed by atoms with Crippen LogP contribution in [0, 0.1) is 6.92 Å². The van der Waals surface area contributed by atoms with Gasteiger partial charge in [-0.1, -0.05) is 23.7 Å². The Morgan fingerprint density at radius 2 is 2.21 bits per heavy atom. The molecule has 0 heterocycles. The van der Waals surface area contributed by atoms with Crippen molar-refractivity contribution in [3.05, 3.63) is 34.3 Å². The third kappa shape index (κ3) is 2.98. The molecule has 0 amide bonds. The van der Waals surface area contributed by atoms with Crippen molar-refractivity contribution < 1.29 is 9.84 Å². The average Bonchev–Trinajstić information content (AvgIpc) is 2.18. The summed E-state index contributed by atoms with van der Waals surface area (Å²) in [5.41, 5.74) is 1.81. The minimum absolute atomic E-state index is 0.315. The predicted octanol–water partition coefficient (Wildman–Crippen LogP) is 2.72. The van der Waals surface area contributed by atoms with Gasteiger partial charge in [0.15, 0.2) is 0 Å². The van der Waals surface area contributed by atoms with Crippen molar-refractivity contribution in [3.8, 4) is 0 Å². The van der Waals surface area contributed by atoms with E-state index in [0.717, 1.165) is 11.1 Å². The normalized spacial score (nSPS) is 12.9. The second kappa shape index (κ2) is 5.35. The van der Waals surface area contributed by atoms with Gasteiger partial charge in [-0.15, -0.1) is 0 Å². The Labute approximate surface area is 89.5 Å². The maximum absolute atomic E-state index is 9.68. The monoisotopic (exact) mass is 214 g/mol. The molecule has 0 spiro atoms. The van der Waals surface area contributed by atoms with Gasteiger partial charge in [0.05, 0.1) is 6.61 Å². The van der Waals surface area contributed by atoms with E-state index in [4.69, 9.17) is 16.3 Å². The van der Waals surface area contributed by atoms with E-state index in [2.05, 4.69) is 0 Å². The molecule has 0 fully saturated rings. The number of ether oxygens (including phenoxy) is 1. The van der Waals surface area contributed by atoms with Crippen molar-refractivity contribution in [1.82, 2.24) is 0 Å². The predicted molar refractivity (Wildman–Crippen MR) is 57.6 cm³/mol. The summed E-state index contributed by atoms with van der Waals surface area (Å²) in [5.74, 6) is 0. The molecule has 78 valence electrons. The topological polar surface area (TPSA) is 29.5 Å². The molecule has 3 heteroatoms. The molecule has 2 nitrogen and oxygen atoms in total. The molecule has 1 N–H and O–H groups in total. The minimum atomic E-state index is -0.590. The summed E-state index contributed by atoms with van der Waals surface area (Å²) in [4.78, 5) is 0. The van der Waals surface area contributed by atoms with Gasteiger partial charge in [-0.3, -0.25) is 0 Å². The molecule has 0 aliphatic rings. The Morgan fingerprint density at radius 1 is 1.50 bits per heavy atom. The van der Waals surface area contributed by atoms with Crippen LogP contribution in [-0.2, 0) is 4.74 Å². The molecule has 14 heavy (non-hydrogen) atoms. The molecule has 0 aliphatic heterocycles. The Hall–Kier alpha value is -0.570. The zero-order valence-corrected chi connectivity index (χ0v) is 9.21. The SMILES string of the molecule is CCOCC(O)c1ccc(C)c(Cl)c1. The van der Waals surface area contributed by atoms with Gasteiger partial charge in [-0.25, -0.2) is 0 Å². The first-order valence-corrected chi connectivity index (χ1v) is 5.04. The minimum Gasteiger partial charge on any atom is -0.386 e. The smallest absolute Gasteiger partial charge is 0.102 e. The molecule has 0 bridgehead atoms. The quantitative estimate of drug-likeness (QED) is 0.835. The van der Waals surface area contributed by atoms with E-state index in [-0.39, 0.29) is 0 Å². The number of hydrogen-bond donors (Lipinski definition) is 1. The molecule has 1 rings (SSSR count). The standard InChI is InChI=1S/C11H15ClO2/c1-3-14-7-11(13)9-5-4-8(2)10(12)6-9/h4-6,11,13H,3,7H2,1-2H3. The van der Waals surface area contributed by atoms with E-state index >= 15 is 0 Å². The van der Waals surface area contributed by atoms with Gasteiger partial charge in [0, 0.05) is 11.6 Å². The van der Waals surface area contributed by atoms with Crippen LogP contribution in [0.15, 0.2) is 18.2 Å². The third-order valence-corrected chi connectivity index (χ3v) is 2.47. The lowest BCUT2D eigenvalue weighted by molar-refractivity contribution is 0.0420. The van der Waals surface area contributed by atoms with E-state index in [0.29, 0.717) is 18.2 Å². The molecule has 1 atom stereocenters. The van der Waals surface area contributed by atoms with E-state index in [9.17, 15) is 5.11 Å². The summed E-state index contributed by atoms with van der Waals surface area (Å²) in [6.07, 6.45) is -0.590. The number of benzene rings is 1. The first kappa shape index (κ1) is 11.5. The summed E-state index contributed by atoms with van der Waals surface area (Å²) < 4.78 is 5.13. The summed E-state index contributed by atoms with van der Waals surface area (Å²) in [6.45, 7) is 4.75. The molecule has 0 saturated heterocycles. The van der Waals surface area contributed by atoms with E-state index < -0.39 is 6.10 Å². The number of rotatable bonds is 4. The Kier molecular flexibility index (Phi) is 4.39. The number of aryl methyl sites for hydroxylation is 1. The van der Waals surface area contributed by atoms with Crippen molar-refractivity contribution >= 4 is 11.6 Å². The number of halogens is 1. The lowest BCUT2D eigenvalue weighted by atomic mass is 10.1. The number of hydrogen-bond acceptors (Lipinski definition) is 2. The summed E-state index contributed by atoms with van der Waals surface area (Å²) >= 11 is 5.94. The van der Waals surface area contributed by atoms with Crippen molar-refractivity contribution in [3.63, 3.8) is 0 Å². The van der Waals surface area contributed by atoms with Crippen molar-refractivity contribution in [1.29, 1.82) is 0 Å². The maximum Gasteiger partial charge on any atom is 0.102 e. The van der Waals surface area contributed by atoms with Crippen LogP contribution < -0.4 is 0 Å². The van der Waals surface area contributed by atoms with Crippen LogP contribution in [0.5, 0.6) is 0 Å². The molecular formula is C11H15ClO2. The van der Waals surface area contributed by atoms with Gasteiger partial charge in [-0.05, 0) is 31.0 Å². The van der Waals surface area contributed by atoms with Gasteiger partial charge in [-0.2, -0.15) is 0 Å². The zero-order chi connectivity index (χ0) is 10.6. The zero-order valence-electron chi connectivity index (χ0n) is 8.46. The van der Waals surface area contributed by atoms with E-state index in [1.165, 1.54) is 0 Å². The third-order valence-electron chi connectivity index (χ3n) is 2.06. The fourth-order valence-corrected chi connectivity index (χ4v) is 1.33. The van der Waals surface area contributed by atoms with Gasteiger partial charge in [0.1, 0.15) is 6.10 Å². The Morgan fingerprint density at radius 3 is 2.79 bits per heavy atom. The van der Waals surface area contributed by atoms with Crippen LogP contribution in [-0.4, -0.2) is 18.3 Å². The highest BCUT2D eigenvalue weighted by Crippen LogP contribution is 2.21. The lowest BCUT2D eigenvalue weighted by Gasteiger charge is -2.11. The molecule has 1 unspecified atom stereocenters. The number of aliphatic hydroxyl groups is 1. The molecule has 1 aromatic rings. The molecule has 0 radical (unpaired) electrons. The average molecular weight is 215 g/mol. The number of aliphatic hydroxyl groups excluding tert-OH is 1. The van der Waals surface area contributed by atoms with Gasteiger partial charge in [0.2, 0.25) is 0 Å². The fourth-order valence-electron chi connectivity index (χ4n) is 1.14. The molecule has 1 aromatic carbocycles. The van der Waals surface area contributed by atoms with Gasteiger partial charge in [0.25, 0.3) is 0 Å². The first-order chi connectivity index (χ1) is 6.65. The van der Waals surface area contributed by atoms with Crippen molar-refractivity contribution in [2.24, 2.45) is 0 Å². The summed E-state index contributed by atoms with van der Waals surface area (Å²) in [6, 6.07) is 5.54. The maximum atomic E-state index is 9.68. The van der Waals surface area contributed by atoms with Crippen LogP contribution >= 0.6 is 11.6 Å². The molecular weight excluding hydrogens is 200 g/mol. The lowest BCUT2D eigenvalue weighted by Crippen LogP contribution is -2.06. The summed E-state index contributed by atoms with van der Waals surface area (Å²) in [7, 11) is 0. The van der Waals surface area contributed by atoms with Crippen LogP contribution in [0.3, 0.4) is 0 Å². The summed E-state index contributed by atoms with van der Waals surface area (Å²) in [5, 5.41) is 10.4. The molecule has 0 saturated carbocycles. The second-order valence-corrected chi connectivity index (χ2v) is 3.59. The molecule has 0 aromatic heterocycles. The van der Waals surface area contributed by atoms with Crippen LogP contribution in [0.1, 0.15) is 24.2 Å². The van der Waals surface area contributed by atoms with Crippen molar-refractivity contribution in [2.75, 3.05) is 13.2 Å². The highest BCUT2D eigenvalue weighted by molar-refractivity contribution is 6.31. The first-order valence-electron chi connectivity index (χ1n) is 4.67. The van der Waals surface area contributed by atoms with Gasteiger partial charge >= 0.3 is 0 Å². The van der Waals surface area contributed by atoms with Gasteiger partial charge < -0.3 is 9.84 Å². The fraction of sp³-hybridized carbons (Fsp3) is 0.455. The second-order valence-electron chi connectivity index (χ2n) is 3.18.